The zero-order valence-corrected chi connectivity index (χ0v) is 14.1. The van der Waals surface area contributed by atoms with Crippen LogP contribution in [0.3, 0.4) is 0 Å². The van der Waals surface area contributed by atoms with E-state index in [2.05, 4.69) is 21.7 Å². The van der Waals surface area contributed by atoms with Gasteiger partial charge in [0, 0.05) is 11.2 Å². The van der Waals surface area contributed by atoms with Crippen LogP contribution in [0.5, 0.6) is 0 Å². The summed E-state index contributed by atoms with van der Waals surface area (Å²) in [6.07, 6.45) is 4.29. The molecule has 2 rings (SSSR count). The summed E-state index contributed by atoms with van der Waals surface area (Å²) in [6.45, 7) is -0.919. The maximum atomic E-state index is 11.8. The smallest absolute Gasteiger partial charge is 0.325 e. The Morgan fingerprint density at radius 1 is 1.36 bits per heavy atom. The van der Waals surface area contributed by atoms with Gasteiger partial charge < -0.3 is 15.4 Å². The predicted molar refractivity (Wildman–Crippen MR) is 87.5 cm³/mol. The van der Waals surface area contributed by atoms with E-state index in [1.165, 1.54) is 18.3 Å². The number of carbonyl (C=O) groups excluding carboxylic acids is 3. The van der Waals surface area contributed by atoms with Crippen molar-refractivity contribution >= 4 is 29.4 Å². The SMILES string of the molecule is N#CC1(NC(=O)COC(=O)CNC(=O)c2cc(Cl)ccn2)CCCC1. The van der Waals surface area contributed by atoms with Crippen molar-refractivity contribution in [1.82, 2.24) is 15.6 Å². The van der Waals surface area contributed by atoms with Crippen molar-refractivity contribution in [3.63, 3.8) is 0 Å². The lowest BCUT2D eigenvalue weighted by Gasteiger charge is -2.21. The number of rotatable bonds is 6. The fourth-order valence-electron chi connectivity index (χ4n) is 2.52. The van der Waals surface area contributed by atoms with Crippen LogP contribution in [0.2, 0.25) is 5.02 Å². The van der Waals surface area contributed by atoms with Gasteiger partial charge in [-0.05, 0) is 37.8 Å². The van der Waals surface area contributed by atoms with Gasteiger partial charge in [-0.1, -0.05) is 11.6 Å². The molecular weight excluding hydrogens is 348 g/mol. The zero-order chi connectivity index (χ0) is 18.3. The van der Waals surface area contributed by atoms with Gasteiger partial charge in [-0.2, -0.15) is 5.26 Å². The molecule has 25 heavy (non-hydrogen) atoms. The Morgan fingerprint density at radius 2 is 2.08 bits per heavy atom. The summed E-state index contributed by atoms with van der Waals surface area (Å²) in [6, 6.07) is 4.99. The molecule has 1 fully saturated rings. The lowest BCUT2D eigenvalue weighted by molar-refractivity contribution is -0.147. The number of carbonyl (C=O) groups is 3. The average molecular weight is 365 g/mol. The summed E-state index contributed by atoms with van der Waals surface area (Å²) in [7, 11) is 0. The van der Waals surface area contributed by atoms with Gasteiger partial charge in [0.05, 0.1) is 6.07 Å². The molecule has 0 aliphatic heterocycles. The normalized spacial score (nSPS) is 15.0. The standard InChI is InChI=1S/C16H17ClN4O4/c17-11-3-6-19-12(7-11)15(24)20-8-14(23)25-9-13(22)21-16(10-18)4-1-2-5-16/h3,6-7H,1-2,4-5,8-9H2,(H,20,24)(H,21,22). The van der Waals surface area contributed by atoms with Gasteiger partial charge in [0.25, 0.3) is 11.8 Å². The van der Waals surface area contributed by atoms with Gasteiger partial charge in [0.15, 0.2) is 6.61 Å². The second-order valence-electron chi connectivity index (χ2n) is 5.65. The van der Waals surface area contributed by atoms with Crippen molar-refractivity contribution in [3.05, 3.63) is 29.0 Å². The number of pyridine rings is 1. The number of nitrogens with one attached hydrogen (secondary N) is 2. The number of aromatic nitrogens is 1. The number of esters is 1. The molecule has 1 aliphatic carbocycles. The van der Waals surface area contributed by atoms with Crippen LogP contribution in [0.4, 0.5) is 0 Å². The molecule has 0 saturated heterocycles. The van der Waals surface area contributed by atoms with E-state index in [-0.39, 0.29) is 5.69 Å². The summed E-state index contributed by atoms with van der Waals surface area (Å²) in [4.78, 5) is 39.0. The summed E-state index contributed by atoms with van der Waals surface area (Å²) >= 11 is 5.75. The summed E-state index contributed by atoms with van der Waals surface area (Å²) in [5.41, 5.74) is -0.800. The number of halogens is 1. The van der Waals surface area contributed by atoms with Crippen molar-refractivity contribution in [2.75, 3.05) is 13.2 Å². The molecule has 0 radical (unpaired) electrons. The van der Waals surface area contributed by atoms with Crippen molar-refractivity contribution in [2.45, 2.75) is 31.2 Å². The fourth-order valence-corrected chi connectivity index (χ4v) is 2.67. The van der Waals surface area contributed by atoms with Crippen molar-refractivity contribution < 1.29 is 19.1 Å². The molecule has 0 bridgehead atoms. The van der Waals surface area contributed by atoms with E-state index in [9.17, 15) is 19.6 Å². The molecule has 0 unspecified atom stereocenters. The minimum Gasteiger partial charge on any atom is -0.454 e. The molecule has 1 heterocycles. The highest BCUT2D eigenvalue weighted by Gasteiger charge is 2.35. The number of nitriles is 1. The molecule has 8 nitrogen and oxygen atoms in total. The third-order valence-electron chi connectivity index (χ3n) is 3.76. The maximum Gasteiger partial charge on any atom is 0.325 e. The minimum absolute atomic E-state index is 0.0650. The van der Waals surface area contributed by atoms with Crippen LogP contribution in [0.25, 0.3) is 0 Å². The van der Waals surface area contributed by atoms with Crippen LogP contribution in [0.1, 0.15) is 36.2 Å². The topological polar surface area (TPSA) is 121 Å². The van der Waals surface area contributed by atoms with Crippen LogP contribution >= 0.6 is 11.6 Å². The van der Waals surface area contributed by atoms with Crippen LogP contribution < -0.4 is 10.6 Å². The fraction of sp³-hybridized carbons (Fsp3) is 0.438. The zero-order valence-electron chi connectivity index (χ0n) is 13.4. The van der Waals surface area contributed by atoms with Crippen molar-refractivity contribution in [3.8, 4) is 6.07 Å². The molecule has 1 saturated carbocycles. The van der Waals surface area contributed by atoms with Gasteiger partial charge in [0.1, 0.15) is 17.8 Å². The first-order valence-corrected chi connectivity index (χ1v) is 8.09. The van der Waals surface area contributed by atoms with E-state index in [1.807, 2.05) is 0 Å². The molecule has 0 aromatic carbocycles. The molecule has 1 aromatic heterocycles. The Morgan fingerprint density at radius 3 is 2.72 bits per heavy atom. The van der Waals surface area contributed by atoms with Crippen molar-refractivity contribution in [2.24, 2.45) is 0 Å². The van der Waals surface area contributed by atoms with Gasteiger partial charge in [-0.25, -0.2) is 0 Å². The Hall–Kier alpha value is -2.66. The maximum absolute atomic E-state index is 11.8. The molecule has 0 spiro atoms. The largest absolute Gasteiger partial charge is 0.454 e. The third kappa shape index (κ3) is 5.43. The number of hydrogen-bond acceptors (Lipinski definition) is 6. The van der Waals surface area contributed by atoms with Gasteiger partial charge in [0.2, 0.25) is 0 Å². The van der Waals surface area contributed by atoms with E-state index in [4.69, 9.17) is 16.3 Å². The van der Waals surface area contributed by atoms with E-state index in [0.717, 1.165) is 12.8 Å². The van der Waals surface area contributed by atoms with E-state index >= 15 is 0 Å². The Bertz CT molecular complexity index is 710. The van der Waals surface area contributed by atoms with Crippen LogP contribution in [-0.4, -0.2) is 41.5 Å². The minimum atomic E-state index is -0.865. The Labute approximate surface area is 149 Å². The first kappa shape index (κ1) is 18.7. The van der Waals surface area contributed by atoms with E-state index in [1.54, 1.807) is 0 Å². The average Bonchev–Trinajstić information content (AvgIpc) is 3.06. The second-order valence-corrected chi connectivity index (χ2v) is 6.09. The number of ether oxygens (including phenoxy) is 1. The van der Waals surface area contributed by atoms with Crippen LogP contribution in [0, 0.1) is 11.3 Å². The highest BCUT2D eigenvalue weighted by atomic mass is 35.5. The third-order valence-corrected chi connectivity index (χ3v) is 4.00. The molecule has 9 heteroatoms. The number of amides is 2. The van der Waals surface area contributed by atoms with E-state index < -0.39 is 36.5 Å². The summed E-state index contributed by atoms with van der Waals surface area (Å²) in [5.74, 6) is -1.90. The summed E-state index contributed by atoms with van der Waals surface area (Å²) < 4.78 is 4.79. The van der Waals surface area contributed by atoms with Crippen LogP contribution in [-0.2, 0) is 14.3 Å². The highest BCUT2D eigenvalue weighted by molar-refractivity contribution is 6.30. The van der Waals surface area contributed by atoms with Crippen molar-refractivity contribution in [1.29, 1.82) is 5.26 Å². The molecule has 2 N–H and O–H groups in total. The Balaban J connectivity index is 1.72. The molecule has 1 aromatic rings. The van der Waals surface area contributed by atoms with Crippen LogP contribution in [0.15, 0.2) is 18.3 Å². The lowest BCUT2D eigenvalue weighted by atomic mass is 10.00. The monoisotopic (exact) mass is 364 g/mol. The summed E-state index contributed by atoms with van der Waals surface area (Å²) in [5, 5.41) is 14.5. The molecule has 1 aliphatic rings. The highest BCUT2D eigenvalue weighted by Crippen LogP contribution is 2.28. The quantitative estimate of drug-likeness (QED) is 0.725. The lowest BCUT2D eigenvalue weighted by Crippen LogP contribution is -2.47. The first-order chi connectivity index (χ1) is 11.9. The Kier molecular flexibility index (Phi) is 6.31. The molecular formula is C16H17ClN4O4. The molecule has 0 atom stereocenters. The van der Waals surface area contributed by atoms with E-state index in [0.29, 0.717) is 17.9 Å². The van der Waals surface area contributed by atoms with Gasteiger partial charge in [-0.15, -0.1) is 0 Å². The first-order valence-electron chi connectivity index (χ1n) is 7.72. The van der Waals surface area contributed by atoms with Gasteiger partial charge in [-0.3, -0.25) is 19.4 Å². The molecule has 132 valence electrons. The second kappa shape index (κ2) is 8.44. The number of hydrogen-bond donors (Lipinski definition) is 2. The predicted octanol–water partition coefficient (Wildman–Crippen LogP) is 0.961. The van der Waals surface area contributed by atoms with Gasteiger partial charge >= 0.3 is 5.97 Å². The molecule has 2 amide bonds. The number of nitrogens with zero attached hydrogens (tertiary/aromatic N) is 2.